The predicted octanol–water partition coefficient (Wildman–Crippen LogP) is 1.47. The van der Waals surface area contributed by atoms with Crippen LogP contribution in [0.25, 0.3) is 0 Å². The fraction of sp³-hybridized carbons (Fsp3) is 1.00. The molecule has 0 amide bonds. The smallest absolute Gasteiger partial charge is 0.0108 e. The van der Waals surface area contributed by atoms with Gasteiger partial charge in [-0.1, -0.05) is 6.92 Å². The Bertz CT molecular complexity index is 206. The largest absolute Gasteiger partial charge is 0.316 e. The predicted molar refractivity (Wildman–Crippen MR) is 58.3 cm³/mol. The molecule has 1 saturated carbocycles. The van der Waals surface area contributed by atoms with E-state index in [2.05, 4.69) is 17.1 Å². The average molecular weight is 194 g/mol. The van der Waals surface area contributed by atoms with Gasteiger partial charge in [0, 0.05) is 19.1 Å². The van der Waals surface area contributed by atoms with Gasteiger partial charge >= 0.3 is 0 Å². The Morgan fingerprint density at radius 2 is 1.79 bits per heavy atom. The summed E-state index contributed by atoms with van der Waals surface area (Å²) in [6, 6.07) is 0.949. The summed E-state index contributed by atoms with van der Waals surface area (Å²) >= 11 is 0. The van der Waals surface area contributed by atoms with Gasteiger partial charge in [0.25, 0.3) is 0 Å². The SMILES string of the molecule is CC1CCN(C2CC3(CNC3)C2)CC1. The van der Waals surface area contributed by atoms with Crippen LogP contribution in [0, 0.1) is 11.3 Å². The van der Waals surface area contributed by atoms with Crippen LogP contribution >= 0.6 is 0 Å². The van der Waals surface area contributed by atoms with Crippen LogP contribution in [0.2, 0.25) is 0 Å². The highest BCUT2D eigenvalue weighted by molar-refractivity contribution is 5.06. The summed E-state index contributed by atoms with van der Waals surface area (Å²) < 4.78 is 0. The van der Waals surface area contributed by atoms with Crippen LogP contribution in [-0.2, 0) is 0 Å². The lowest BCUT2D eigenvalue weighted by Crippen LogP contribution is -2.65. The molecule has 0 aromatic heterocycles. The lowest BCUT2D eigenvalue weighted by molar-refractivity contribution is -0.0454. The van der Waals surface area contributed by atoms with Gasteiger partial charge in [-0.25, -0.2) is 0 Å². The van der Waals surface area contributed by atoms with Crippen molar-refractivity contribution in [3.05, 3.63) is 0 Å². The standard InChI is InChI=1S/C12H22N2/c1-10-2-4-14(5-3-10)11-6-12(7-11)8-13-9-12/h10-11,13H,2-9H2,1H3. The third-order valence-corrected chi connectivity index (χ3v) is 4.67. The zero-order chi connectivity index (χ0) is 9.60. The average Bonchev–Trinajstić information content (AvgIpc) is 2.03. The molecule has 0 aromatic carbocycles. The molecule has 1 aliphatic carbocycles. The third kappa shape index (κ3) is 1.40. The molecule has 2 heteroatoms. The van der Waals surface area contributed by atoms with Gasteiger partial charge in [0.2, 0.25) is 0 Å². The molecule has 2 saturated heterocycles. The first-order valence-corrected chi connectivity index (χ1v) is 6.22. The molecule has 2 heterocycles. The molecule has 0 aromatic rings. The van der Waals surface area contributed by atoms with Crippen molar-refractivity contribution in [2.45, 2.75) is 38.6 Å². The summed E-state index contributed by atoms with van der Waals surface area (Å²) in [6.45, 7) is 7.74. The highest BCUT2D eigenvalue weighted by Crippen LogP contribution is 2.47. The van der Waals surface area contributed by atoms with E-state index in [9.17, 15) is 0 Å². The summed E-state index contributed by atoms with van der Waals surface area (Å²) in [7, 11) is 0. The molecule has 3 rings (SSSR count). The highest BCUT2D eigenvalue weighted by Gasteiger charge is 2.50. The van der Waals surface area contributed by atoms with Gasteiger partial charge in [-0.2, -0.15) is 0 Å². The van der Waals surface area contributed by atoms with Crippen LogP contribution in [0.4, 0.5) is 0 Å². The molecule has 2 nitrogen and oxygen atoms in total. The van der Waals surface area contributed by atoms with Gasteiger partial charge in [0.15, 0.2) is 0 Å². The molecule has 80 valence electrons. The van der Waals surface area contributed by atoms with Crippen LogP contribution in [0.5, 0.6) is 0 Å². The molecular formula is C12H22N2. The second-order valence-corrected chi connectivity index (χ2v) is 5.88. The second-order valence-electron chi connectivity index (χ2n) is 5.88. The normalized spacial score (nSPS) is 34.1. The molecule has 14 heavy (non-hydrogen) atoms. The van der Waals surface area contributed by atoms with Gasteiger partial charge in [0.05, 0.1) is 0 Å². The molecule has 0 unspecified atom stereocenters. The minimum atomic E-state index is 0.758. The van der Waals surface area contributed by atoms with E-state index < -0.39 is 0 Å². The van der Waals surface area contributed by atoms with Crippen molar-refractivity contribution in [3.63, 3.8) is 0 Å². The van der Waals surface area contributed by atoms with E-state index in [0.29, 0.717) is 0 Å². The number of hydrogen-bond acceptors (Lipinski definition) is 2. The molecule has 3 fully saturated rings. The van der Waals surface area contributed by atoms with E-state index in [1.807, 2.05) is 0 Å². The fourth-order valence-electron chi connectivity index (χ4n) is 3.36. The number of rotatable bonds is 1. The van der Waals surface area contributed by atoms with Crippen molar-refractivity contribution >= 4 is 0 Å². The fourth-order valence-corrected chi connectivity index (χ4v) is 3.36. The third-order valence-electron chi connectivity index (χ3n) is 4.67. The monoisotopic (exact) mass is 194 g/mol. The van der Waals surface area contributed by atoms with E-state index in [4.69, 9.17) is 0 Å². The quantitative estimate of drug-likeness (QED) is 0.680. The first kappa shape index (κ1) is 9.17. The van der Waals surface area contributed by atoms with Crippen molar-refractivity contribution in [1.82, 2.24) is 10.2 Å². The maximum atomic E-state index is 3.42. The molecule has 0 radical (unpaired) electrons. The highest BCUT2D eigenvalue weighted by atomic mass is 15.2. The summed E-state index contributed by atoms with van der Waals surface area (Å²) in [5.74, 6) is 0.977. The maximum Gasteiger partial charge on any atom is 0.0108 e. The molecule has 2 aliphatic heterocycles. The van der Waals surface area contributed by atoms with Gasteiger partial charge in [-0.05, 0) is 50.1 Å². The Balaban J connectivity index is 1.49. The molecule has 0 atom stereocenters. The second kappa shape index (κ2) is 3.21. The summed E-state index contributed by atoms with van der Waals surface area (Å²) in [6.07, 6.45) is 5.83. The first-order valence-electron chi connectivity index (χ1n) is 6.22. The van der Waals surface area contributed by atoms with E-state index >= 15 is 0 Å². The first-order chi connectivity index (χ1) is 6.77. The van der Waals surface area contributed by atoms with Crippen molar-refractivity contribution in [2.75, 3.05) is 26.2 Å². The molecule has 1 N–H and O–H groups in total. The summed E-state index contributed by atoms with van der Waals surface area (Å²) in [5.41, 5.74) is 0.758. The van der Waals surface area contributed by atoms with Gasteiger partial charge in [0.1, 0.15) is 0 Å². The van der Waals surface area contributed by atoms with E-state index in [1.165, 1.54) is 51.9 Å². The lowest BCUT2D eigenvalue weighted by atomic mass is 9.61. The van der Waals surface area contributed by atoms with Crippen LogP contribution in [0.15, 0.2) is 0 Å². The van der Waals surface area contributed by atoms with E-state index in [1.54, 1.807) is 0 Å². The zero-order valence-corrected chi connectivity index (χ0v) is 9.26. The number of nitrogens with zero attached hydrogens (tertiary/aromatic N) is 1. The van der Waals surface area contributed by atoms with E-state index in [0.717, 1.165) is 17.4 Å². The number of likely N-dealkylation sites (tertiary alicyclic amines) is 1. The van der Waals surface area contributed by atoms with Crippen LogP contribution in [0.3, 0.4) is 0 Å². The lowest BCUT2D eigenvalue weighted by Gasteiger charge is -2.58. The van der Waals surface area contributed by atoms with Gasteiger partial charge < -0.3 is 10.2 Å². The molecular weight excluding hydrogens is 172 g/mol. The van der Waals surface area contributed by atoms with Crippen molar-refractivity contribution < 1.29 is 0 Å². The topological polar surface area (TPSA) is 15.3 Å². The van der Waals surface area contributed by atoms with Crippen LogP contribution in [0.1, 0.15) is 32.6 Å². The summed E-state index contributed by atoms with van der Waals surface area (Å²) in [5, 5.41) is 3.42. The Kier molecular flexibility index (Phi) is 2.10. The van der Waals surface area contributed by atoms with Gasteiger partial charge in [-0.3, -0.25) is 0 Å². The number of nitrogens with one attached hydrogen (secondary N) is 1. The minimum Gasteiger partial charge on any atom is -0.316 e. The van der Waals surface area contributed by atoms with Gasteiger partial charge in [-0.15, -0.1) is 0 Å². The Labute approximate surface area is 87.0 Å². The van der Waals surface area contributed by atoms with Crippen LogP contribution in [-0.4, -0.2) is 37.1 Å². The Morgan fingerprint density at radius 3 is 2.29 bits per heavy atom. The maximum absolute atomic E-state index is 3.42. The molecule has 3 aliphatic rings. The molecule has 0 bridgehead atoms. The van der Waals surface area contributed by atoms with E-state index in [-0.39, 0.29) is 0 Å². The zero-order valence-electron chi connectivity index (χ0n) is 9.26. The Hall–Kier alpha value is -0.0800. The van der Waals surface area contributed by atoms with Crippen molar-refractivity contribution in [1.29, 1.82) is 0 Å². The minimum absolute atomic E-state index is 0.758. The van der Waals surface area contributed by atoms with Crippen molar-refractivity contribution in [2.24, 2.45) is 11.3 Å². The number of hydrogen-bond donors (Lipinski definition) is 1. The van der Waals surface area contributed by atoms with Crippen LogP contribution < -0.4 is 5.32 Å². The van der Waals surface area contributed by atoms with Crippen molar-refractivity contribution in [3.8, 4) is 0 Å². The summed E-state index contributed by atoms with van der Waals surface area (Å²) in [4.78, 5) is 2.75. The molecule has 1 spiro atoms. The number of piperidine rings is 1. The Morgan fingerprint density at radius 1 is 1.14 bits per heavy atom.